The van der Waals surface area contributed by atoms with E-state index in [1.165, 1.54) is 37.5 Å². The SMILES string of the molecule is C[C@H](NC(=O)CN1C(=O)N[C@](C)(c2ccc(F)cc2)C1=O)c1ccco1. The number of halogens is 1. The minimum absolute atomic E-state index is 0.401. The van der Waals surface area contributed by atoms with E-state index in [-0.39, 0.29) is 0 Å². The minimum Gasteiger partial charge on any atom is -0.467 e. The molecule has 1 fully saturated rings. The maximum absolute atomic E-state index is 13.1. The maximum atomic E-state index is 13.1. The second kappa shape index (κ2) is 6.62. The molecule has 3 rings (SSSR count). The van der Waals surface area contributed by atoms with Gasteiger partial charge in [0.15, 0.2) is 0 Å². The van der Waals surface area contributed by atoms with Crippen molar-refractivity contribution in [3.63, 3.8) is 0 Å². The van der Waals surface area contributed by atoms with E-state index in [0.29, 0.717) is 11.3 Å². The van der Waals surface area contributed by atoms with Gasteiger partial charge in [0.1, 0.15) is 23.7 Å². The fourth-order valence-corrected chi connectivity index (χ4v) is 2.86. The van der Waals surface area contributed by atoms with Crippen LogP contribution >= 0.6 is 0 Å². The molecule has 0 bridgehead atoms. The second-order valence-corrected chi connectivity index (χ2v) is 6.26. The van der Waals surface area contributed by atoms with E-state index >= 15 is 0 Å². The van der Waals surface area contributed by atoms with Crippen LogP contribution in [0.1, 0.15) is 31.2 Å². The third-order valence-corrected chi connectivity index (χ3v) is 4.35. The first-order valence-electron chi connectivity index (χ1n) is 8.04. The molecule has 0 aliphatic carbocycles. The monoisotopic (exact) mass is 359 g/mol. The molecule has 4 amide bonds. The van der Waals surface area contributed by atoms with Gasteiger partial charge in [-0.25, -0.2) is 9.18 Å². The highest BCUT2D eigenvalue weighted by atomic mass is 19.1. The summed E-state index contributed by atoms with van der Waals surface area (Å²) in [5, 5.41) is 5.24. The highest BCUT2D eigenvalue weighted by Crippen LogP contribution is 2.28. The van der Waals surface area contributed by atoms with Gasteiger partial charge in [0.05, 0.1) is 12.3 Å². The lowest BCUT2D eigenvalue weighted by atomic mass is 9.92. The van der Waals surface area contributed by atoms with Crippen molar-refractivity contribution in [1.29, 1.82) is 0 Å². The predicted octanol–water partition coefficient (Wildman–Crippen LogP) is 2.06. The number of furan rings is 1. The number of carbonyl (C=O) groups excluding carboxylic acids is 3. The molecule has 1 aromatic carbocycles. The molecule has 0 unspecified atom stereocenters. The molecule has 2 atom stereocenters. The maximum Gasteiger partial charge on any atom is 0.325 e. The number of rotatable bonds is 5. The van der Waals surface area contributed by atoms with Crippen LogP contribution < -0.4 is 10.6 Å². The molecule has 1 aromatic heterocycles. The van der Waals surface area contributed by atoms with E-state index in [4.69, 9.17) is 4.42 Å². The molecular weight excluding hydrogens is 341 g/mol. The van der Waals surface area contributed by atoms with E-state index in [0.717, 1.165) is 4.90 Å². The summed E-state index contributed by atoms with van der Waals surface area (Å²) in [5.74, 6) is -0.959. The van der Waals surface area contributed by atoms with Gasteiger partial charge in [-0.15, -0.1) is 0 Å². The normalized spacial score (nSPS) is 20.8. The first-order valence-corrected chi connectivity index (χ1v) is 8.04. The van der Waals surface area contributed by atoms with Gasteiger partial charge in [-0.2, -0.15) is 0 Å². The second-order valence-electron chi connectivity index (χ2n) is 6.26. The Kier molecular flexibility index (Phi) is 4.50. The first-order chi connectivity index (χ1) is 12.3. The summed E-state index contributed by atoms with van der Waals surface area (Å²) in [4.78, 5) is 38.0. The highest BCUT2D eigenvalue weighted by Gasteiger charge is 2.49. The van der Waals surface area contributed by atoms with E-state index in [1.807, 2.05) is 0 Å². The Morgan fingerprint density at radius 2 is 2.00 bits per heavy atom. The van der Waals surface area contributed by atoms with Crippen LogP contribution in [0.15, 0.2) is 47.1 Å². The van der Waals surface area contributed by atoms with Gasteiger partial charge in [0.25, 0.3) is 5.91 Å². The molecule has 2 N–H and O–H groups in total. The highest BCUT2D eigenvalue weighted by molar-refractivity contribution is 6.09. The molecule has 1 saturated heterocycles. The van der Waals surface area contributed by atoms with Crippen LogP contribution in [0.2, 0.25) is 0 Å². The summed E-state index contributed by atoms with van der Waals surface area (Å²) < 4.78 is 18.3. The Morgan fingerprint density at radius 1 is 1.31 bits per heavy atom. The number of imide groups is 1. The van der Waals surface area contributed by atoms with E-state index in [9.17, 15) is 18.8 Å². The zero-order valence-corrected chi connectivity index (χ0v) is 14.3. The van der Waals surface area contributed by atoms with E-state index in [2.05, 4.69) is 10.6 Å². The fourth-order valence-electron chi connectivity index (χ4n) is 2.86. The van der Waals surface area contributed by atoms with Gasteiger partial charge in [0, 0.05) is 0 Å². The van der Waals surface area contributed by atoms with Crippen molar-refractivity contribution in [3.8, 4) is 0 Å². The lowest BCUT2D eigenvalue weighted by molar-refractivity contribution is -0.135. The Labute approximate surface area is 149 Å². The predicted molar refractivity (Wildman–Crippen MR) is 89.3 cm³/mol. The summed E-state index contributed by atoms with van der Waals surface area (Å²) in [7, 11) is 0. The molecule has 8 heteroatoms. The standard InChI is InChI=1S/C18H18FN3O4/c1-11(14-4-3-9-26-14)20-15(23)10-22-16(24)18(2,21-17(22)25)12-5-7-13(19)8-6-12/h3-9,11H,10H2,1-2H3,(H,20,23)(H,21,25)/t11-,18+/m0/s1. The van der Waals surface area contributed by atoms with Crippen molar-refractivity contribution in [2.45, 2.75) is 25.4 Å². The van der Waals surface area contributed by atoms with Crippen LogP contribution in [0.4, 0.5) is 9.18 Å². The van der Waals surface area contributed by atoms with Crippen LogP contribution in [0.3, 0.4) is 0 Å². The summed E-state index contributed by atoms with van der Waals surface area (Å²) in [6.45, 7) is 2.82. The molecule has 0 saturated carbocycles. The number of nitrogens with one attached hydrogen (secondary N) is 2. The van der Waals surface area contributed by atoms with Crippen molar-refractivity contribution < 1.29 is 23.2 Å². The zero-order chi connectivity index (χ0) is 18.9. The summed E-state index contributed by atoms with van der Waals surface area (Å²) >= 11 is 0. The Hall–Kier alpha value is -3.16. The van der Waals surface area contributed by atoms with Gasteiger partial charge in [-0.05, 0) is 43.7 Å². The van der Waals surface area contributed by atoms with Crippen molar-refractivity contribution in [2.75, 3.05) is 6.54 Å². The lowest BCUT2D eigenvalue weighted by Crippen LogP contribution is -2.43. The molecule has 136 valence electrons. The smallest absolute Gasteiger partial charge is 0.325 e. The summed E-state index contributed by atoms with van der Waals surface area (Å²) in [6.07, 6.45) is 1.49. The third kappa shape index (κ3) is 3.17. The van der Waals surface area contributed by atoms with Crippen LogP contribution in [0.5, 0.6) is 0 Å². The van der Waals surface area contributed by atoms with Gasteiger partial charge in [0.2, 0.25) is 5.91 Å². The molecule has 2 heterocycles. The van der Waals surface area contributed by atoms with Crippen LogP contribution in [0, 0.1) is 5.82 Å². The Bertz CT molecular complexity index is 835. The number of hydrogen-bond acceptors (Lipinski definition) is 4. The van der Waals surface area contributed by atoms with Crippen molar-refractivity contribution >= 4 is 17.8 Å². The molecular formula is C18H18FN3O4. The minimum atomic E-state index is -1.35. The quantitative estimate of drug-likeness (QED) is 0.800. The summed E-state index contributed by atoms with van der Waals surface area (Å²) in [5.41, 5.74) is -0.915. The lowest BCUT2D eigenvalue weighted by Gasteiger charge is -2.22. The fraction of sp³-hybridized carbons (Fsp3) is 0.278. The number of urea groups is 1. The van der Waals surface area contributed by atoms with Crippen LogP contribution in [-0.2, 0) is 15.1 Å². The van der Waals surface area contributed by atoms with Gasteiger partial charge in [-0.3, -0.25) is 14.5 Å². The average molecular weight is 359 g/mol. The Balaban J connectivity index is 1.71. The van der Waals surface area contributed by atoms with E-state index in [1.54, 1.807) is 19.1 Å². The molecule has 1 aliphatic rings. The molecule has 7 nitrogen and oxygen atoms in total. The largest absolute Gasteiger partial charge is 0.467 e. The number of nitrogens with zero attached hydrogens (tertiary/aromatic N) is 1. The van der Waals surface area contributed by atoms with Gasteiger partial charge in [-0.1, -0.05) is 12.1 Å². The Morgan fingerprint density at radius 3 is 2.62 bits per heavy atom. The van der Waals surface area contributed by atoms with Crippen molar-refractivity contribution in [1.82, 2.24) is 15.5 Å². The molecule has 2 aromatic rings. The van der Waals surface area contributed by atoms with Gasteiger partial charge >= 0.3 is 6.03 Å². The number of carbonyl (C=O) groups is 3. The van der Waals surface area contributed by atoms with Crippen molar-refractivity contribution in [2.24, 2.45) is 0 Å². The molecule has 26 heavy (non-hydrogen) atoms. The van der Waals surface area contributed by atoms with Crippen LogP contribution in [0.25, 0.3) is 0 Å². The molecule has 1 aliphatic heterocycles. The van der Waals surface area contributed by atoms with Crippen LogP contribution in [-0.4, -0.2) is 29.3 Å². The number of benzene rings is 1. The summed E-state index contributed by atoms with van der Waals surface area (Å²) in [6, 6.07) is 7.60. The number of hydrogen-bond donors (Lipinski definition) is 2. The first kappa shape index (κ1) is 17.7. The van der Waals surface area contributed by atoms with Crippen molar-refractivity contribution in [3.05, 3.63) is 59.8 Å². The van der Waals surface area contributed by atoms with E-state index < -0.39 is 41.8 Å². The topological polar surface area (TPSA) is 91.7 Å². The number of amides is 4. The molecule has 0 radical (unpaired) electrons. The molecule has 0 spiro atoms. The zero-order valence-electron chi connectivity index (χ0n) is 14.3. The third-order valence-electron chi connectivity index (χ3n) is 4.35. The average Bonchev–Trinajstić information content (AvgIpc) is 3.20. The van der Waals surface area contributed by atoms with Gasteiger partial charge < -0.3 is 15.1 Å².